The Morgan fingerprint density at radius 3 is 2.50 bits per heavy atom. The van der Waals surface area contributed by atoms with Gasteiger partial charge in [0.15, 0.2) is 5.78 Å². The summed E-state index contributed by atoms with van der Waals surface area (Å²) in [5.41, 5.74) is 6.64. The number of rotatable bonds is 2. The number of ketones is 1. The highest BCUT2D eigenvalue weighted by Gasteiger charge is 2.31. The van der Waals surface area contributed by atoms with Crippen LogP contribution in [0, 0.1) is 0 Å². The molecule has 128 valence electrons. The van der Waals surface area contributed by atoms with Crippen molar-refractivity contribution in [2.75, 3.05) is 5.73 Å². The van der Waals surface area contributed by atoms with E-state index in [0.29, 0.717) is 10.6 Å². The van der Waals surface area contributed by atoms with E-state index in [9.17, 15) is 18.0 Å². The van der Waals surface area contributed by atoms with Gasteiger partial charge in [-0.3, -0.25) is 4.79 Å². The molecule has 0 spiro atoms. The first-order valence-corrected chi connectivity index (χ1v) is 8.81. The second-order valence-corrected chi connectivity index (χ2v) is 7.20. The number of nitrogens with two attached hydrogens (primary N) is 1. The number of hydrogen-bond acceptors (Lipinski definition) is 3. The highest BCUT2D eigenvalue weighted by Crippen LogP contribution is 2.37. The SMILES string of the molecule is Nc1sc2c(c1C(=O)c1cccc(C(F)(F)F)c1)CCCCCC2. The summed E-state index contributed by atoms with van der Waals surface area (Å²) in [5.74, 6) is -0.406. The quantitative estimate of drug-likeness (QED) is 0.750. The van der Waals surface area contributed by atoms with Crippen molar-refractivity contribution < 1.29 is 18.0 Å². The molecule has 0 atom stereocenters. The zero-order valence-electron chi connectivity index (χ0n) is 13.1. The van der Waals surface area contributed by atoms with Crippen molar-refractivity contribution >= 4 is 22.1 Å². The highest BCUT2D eigenvalue weighted by molar-refractivity contribution is 7.16. The van der Waals surface area contributed by atoms with Crippen molar-refractivity contribution in [2.45, 2.75) is 44.7 Å². The van der Waals surface area contributed by atoms with Crippen LogP contribution in [0.3, 0.4) is 0 Å². The fourth-order valence-electron chi connectivity index (χ4n) is 3.17. The lowest BCUT2D eigenvalue weighted by Gasteiger charge is -2.12. The summed E-state index contributed by atoms with van der Waals surface area (Å²) in [6, 6.07) is 4.57. The first-order valence-electron chi connectivity index (χ1n) is 8.00. The van der Waals surface area contributed by atoms with E-state index in [1.54, 1.807) is 0 Å². The van der Waals surface area contributed by atoms with Crippen LogP contribution in [0.1, 0.15) is 57.6 Å². The summed E-state index contributed by atoms with van der Waals surface area (Å²) in [7, 11) is 0. The minimum absolute atomic E-state index is 0.0409. The van der Waals surface area contributed by atoms with Gasteiger partial charge in [-0.15, -0.1) is 11.3 Å². The van der Waals surface area contributed by atoms with Gasteiger partial charge in [0.25, 0.3) is 0 Å². The predicted molar refractivity (Wildman–Crippen MR) is 89.5 cm³/mol. The van der Waals surface area contributed by atoms with Gasteiger partial charge in [0.2, 0.25) is 0 Å². The third-order valence-electron chi connectivity index (χ3n) is 4.38. The molecular weight excluding hydrogens is 335 g/mol. The Morgan fingerprint density at radius 2 is 1.79 bits per heavy atom. The number of anilines is 1. The standard InChI is InChI=1S/C18H18F3NOS/c19-18(20,21)12-7-5-6-11(10-12)16(23)15-13-8-3-1-2-4-9-14(13)24-17(15)22/h5-7,10H,1-4,8-9,22H2. The molecule has 2 N–H and O–H groups in total. The van der Waals surface area contributed by atoms with Gasteiger partial charge >= 0.3 is 6.18 Å². The first-order chi connectivity index (χ1) is 11.4. The van der Waals surface area contributed by atoms with Crippen molar-refractivity contribution in [2.24, 2.45) is 0 Å². The monoisotopic (exact) mass is 353 g/mol. The maximum atomic E-state index is 12.9. The lowest BCUT2D eigenvalue weighted by molar-refractivity contribution is -0.137. The van der Waals surface area contributed by atoms with Gasteiger partial charge in [-0.1, -0.05) is 25.0 Å². The van der Waals surface area contributed by atoms with Crippen molar-refractivity contribution in [3.05, 3.63) is 51.4 Å². The largest absolute Gasteiger partial charge is 0.416 e. The molecule has 2 nitrogen and oxygen atoms in total. The fourth-order valence-corrected chi connectivity index (χ4v) is 4.33. The van der Waals surface area contributed by atoms with Gasteiger partial charge in [0, 0.05) is 10.4 Å². The maximum absolute atomic E-state index is 12.9. The zero-order valence-corrected chi connectivity index (χ0v) is 13.9. The Bertz CT molecular complexity index is 764. The fraction of sp³-hybridized carbons (Fsp3) is 0.389. The number of halogens is 3. The van der Waals surface area contributed by atoms with Crippen LogP contribution in [0.25, 0.3) is 0 Å². The molecule has 0 saturated heterocycles. The van der Waals surface area contributed by atoms with Gasteiger partial charge in [-0.25, -0.2) is 0 Å². The summed E-state index contributed by atoms with van der Waals surface area (Å²) < 4.78 is 38.7. The van der Waals surface area contributed by atoms with Gasteiger partial charge in [-0.2, -0.15) is 13.2 Å². The van der Waals surface area contributed by atoms with Crippen LogP contribution in [0.15, 0.2) is 24.3 Å². The normalized spacial score (nSPS) is 15.5. The molecule has 0 amide bonds. The average Bonchev–Trinajstić information content (AvgIpc) is 2.81. The molecular formula is C18H18F3NOS. The Labute approximate surface area is 142 Å². The molecule has 0 fully saturated rings. The molecule has 1 aliphatic rings. The van der Waals surface area contributed by atoms with E-state index in [1.807, 2.05) is 0 Å². The van der Waals surface area contributed by atoms with Crippen molar-refractivity contribution in [1.29, 1.82) is 0 Å². The molecule has 0 unspecified atom stereocenters. The van der Waals surface area contributed by atoms with E-state index in [-0.39, 0.29) is 5.56 Å². The second kappa shape index (κ2) is 6.59. The smallest absolute Gasteiger partial charge is 0.390 e. The molecule has 2 aromatic rings. The highest BCUT2D eigenvalue weighted by atomic mass is 32.1. The van der Waals surface area contributed by atoms with E-state index >= 15 is 0 Å². The first kappa shape index (κ1) is 17.0. The topological polar surface area (TPSA) is 43.1 Å². The molecule has 3 rings (SSSR count). The molecule has 6 heteroatoms. The van der Waals surface area contributed by atoms with Crippen LogP contribution in [0.2, 0.25) is 0 Å². The Kier molecular flexibility index (Phi) is 4.67. The van der Waals surface area contributed by atoms with Crippen LogP contribution >= 0.6 is 11.3 Å². The Balaban J connectivity index is 2.02. The number of aryl methyl sites for hydroxylation is 1. The lowest BCUT2D eigenvalue weighted by atomic mass is 9.92. The van der Waals surface area contributed by atoms with Gasteiger partial charge in [-0.05, 0) is 43.4 Å². The molecule has 0 bridgehead atoms. The van der Waals surface area contributed by atoms with Crippen molar-refractivity contribution in [3.63, 3.8) is 0 Å². The summed E-state index contributed by atoms with van der Waals surface area (Å²) in [6.07, 6.45) is 1.49. The molecule has 24 heavy (non-hydrogen) atoms. The zero-order chi connectivity index (χ0) is 17.3. The Morgan fingerprint density at radius 1 is 1.08 bits per heavy atom. The van der Waals surface area contributed by atoms with E-state index in [4.69, 9.17) is 5.73 Å². The van der Waals surface area contributed by atoms with Gasteiger partial charge in [0.1, 0.15) is 0 Å². The van der Waals surface area contributed by atoms with Gasteiger partial charge < -0.3 is 5.73 Å². The minimum atomic E-state index is -4.47. The van der Waals surface area contributed by atoms with Gasteiger partial charge in [0.05, 0.1) is 16.1 Å². The van der Waals surface area contributed by atoms with E-state index < -0.39 is 17.5 Å². The summed E-state index contributed by atoms with van der Waals surface area (Å²) >= 11 is 1.41. The molecule has 1 heterocycles. The predicted octanol–water partition coefficient (Wildman–Crippen LogP) is 5.24. The van der Waals surface area contributed by atoms with Crippen LogP contribution in [0.5, 0.6) is 0 Å². The number of nitrogen functional groups attached to an aromatic ring is 1. The summed E-state index contributed by atoms with van der Waals surface area (Å²) in [6.45, 7) is 0. The summed E-state index contributed by atoms with van der Waals surface area (Å²) in [5, 5.41) is 0.421. The molecule has 0 saturated carbocycles. The van der Waals surface area contributed by atoms with E-state index in [1.165, 1.54) is 23.5 Å². The van der Waals surface area contributed by atoms with Crippen LogP contribution in [-0.4, -0.2) is 5.78 Å². The van der Waals surface area contributed by atoms with E-state index in [0.717, 1.165) is 61.1 Å². The second-order valence-electron chi connectivity index (χ2n) is 6.06. The van der Waals surface area contributed by atoms with Crippen LogP contribution in [-0.2, 0) is 19.0 Å². The third-order valence-corrected chi connectivity index (χ3v) is 5.50. The molecule has 1 aliphatic carbocycles. The van der Waals surface area contributed by atoms with Crippen molar-refractivity contribution in [1.82, 2.24) is 0 Å². The number of hydrogen-bond donors (Lipinski definition) is 1. The van der Waals surface area contributed by atoms with E-state index in [2.05, 4.69) is 0 Å². The number of alkyl halides is 3. The number of carbonyl (C=O) groups is 1. The summed E-state index contributed by atoms with van der Waals surface area (Å²) in [4.78, 5) is 14.0. The van der Waals surface area contributed by atoms with Crippen molar-refractivity contribution in [3.8, 4) is 0 Å². The minimum Gasteiger partial charge on any atom is -0.390 e. The molecule has 1 aromatic carbocycles. The lowest BCUT2D eigenvalue weighted by Crippen LogP contribution is -2.10. The van der Waals surface area contributed by atoms with Crippen LogP contribution in [0.4, 0.5) is 18.2 Å². The number of fused-ring (bicyclic) bond motifs is 1. The maximum Gasteiger partial charge on any atom is 0.416 e. The number of benzene rings is 1. The molecule has 0 aliphatic heterocycles. The third kappa shape index (κ3) is 3.34. The van der Waals surface area contributed by atoms with Crippen LogP contribution < -0.4 is 5.73 Å². The number of thiophene rings is 1. The number of carbonyl (C=O) groups excluding carboxylic acids is 1. The average molecular weight is 353 g/mol. The molecule has 0 radical (unpaired) electrons. The molecule has 1 aromatic heterocycles. The Hall–Kier alpha value is -1.82.